The Balaban J connectivity index is 2.06. The van der Waals surface area contributed by atoms with Crippen LogP contribution in [0.4, 0.5) is 5.69 Å². The second-order valence-electron chi connectivity index (χ2n) is 9.25. The summed E-state index contributed by atoms with van der Waals surface area (Å²) in [6.45, 7) is 7.28. The van der Waals surface area contributed by atoms with Crippen molar-refractivity contribution < 1.29 is 18.0 Å². The van der Waals surface area contributed by atoms with Crippen molar-refractivity contribution in [1.82, 2.24) is 10.2 Å². The number of hydrogen-bond acceptors (Lipinski definition) is 4. The van der Waals surface area contributed by atoms with E-state index in [9.17, 15) is 18.0 Å². The highest BCUT2D eigenvalue weighted by Crippen LogP contribution is 2.27. The van der Waals surface area contributed by atoms with Gasteiger partial charge in [0, 0.05) is 13.1 Å². The Labute approximate surface area is 240 Å². The summed E-state index contributed by atoms with van der Waals surface area (Å²) in [6.07, 6.45) is 0.328. The zero-order chi connectivity index (χ0) is 28.7. The highest BCUT2D eigenvalue weighted by molar-refractivity contribution is 7.92. The Morgan fingerprint density at radius 3 is 2.00 bits per heavy atom. The summed E-state index contributed by atoms with van der Waals surface area (Å²) in [4.78, 5) is 28.4. The van der Waals surface area contributed by atoms with Gasteiger partial charge >= 0.3 is 0 Å². The lowest BCUT2D eigenvalue weighted by Crippen LogP contribution is -2.52. The van der Waals surface area contributed by atoms with Crippen LogP contribution in [0, 0.1) is 13.8 Å². The maximum atomic E-state index is 14.0. The zero-order valence-corrected chi connectivity index (χ0v) is 24.8. The largest absolute Gasteiger partial charge is 0.355 e. The van der Waals surface area contributed by atoms with E-state index in [0.717, 1.165) is 15.4 Å². The average Bonchev–Trinajstić information content (AvgIpc) is 2.90. The van der Waals surface area contributed by atoms with Gasteiger partial charge in [-0.2, -0.15) is 0 Å². The van der Waals surface area contributed by atoms with E-state index in [1.807, 2.05) is 13.8 Å². The van der Waals surface area contributed by atoms with Crippen molar-refractivity contribution in [3.8, 4) is 0 Å². The summed E-state index contributed by atoms with van der Waals surface area (Å²) < 4.78 is 28.8. The van der Waals surface area contributed by atoms with Crippen molar-refractivity contribution in [3.05, 3.63) is 93.5 Å². The van der Waals surface area contributed by atoms with E-state index < -0.39 is 28.5 Å². The molecular formula is C29H33Cl2N3O4S. The molecule has 0 aliphatic rings. The van der Waals surface area contributed by atoms with E-state index in [2.05, 4.69) is 5.32 Å². The number of nitrogens with zero attached hydrogens (tertiary/aromatic N) is 2. The molecule has 1 unspecified atom stereocenters. The maximum Gasteiger partial charge on any atom is 0.264 e. The third-order valence-corrected chi connectivity index (χ3v) is 8.81. The lowest BCUT2D eigenvalue weighted by atomic mass is 10.1. The topological polar surface area (TPSA) is 86.8 Å². The standard InChI is InChI=1S/C29H33Cl2N3O4S/c1-5-27(29(36)32-6-2)33(18-22-11-16-25(30)26(31)17-22)28(35)19-34(23-12-7-20(3)8-13-23)39(37,38)24-14-9-21(4)10-15-24/h7-17,27H,5-6,18-19H2,1-4H3,(H,32,36). The summed E-state index contributed by atoms with van der Waals surface area (Å²) in [5.41, 5.74) is 2.85. The summed E-state index contributed by atoms with van der Waals surface area (Å²) in [7, 11) is -4.11. The van der Waals surface area contributed by atoms with Gasteiger partial charge in [-0.1, -0.05) is 71.6 Å². The molecule has 3 aromatic rings. The van der Waals surface area contributed by atoms with E-state index in [1.165, 1.54) is 17.0 Å². The molecule has 1 atom stereocenters. The fraction of sp³-hybridized carbons (Fsp3) is 0.310. The van der Waals surface area contributed by atoms with Crippen molar-refractivity contribution in [2.24, 2.45) is 0 Å². The minimum atomic E-state index is -4.11. The molecule has 3 aromatic carbocycles. The molecule has 3 rings (SSSR count). The number of carbonyl (C=O) groups is 2. The molecule has 7 nitrogen and oxygen atoms in total. The van der Waals surface area contributed by atoms with Crippen LogP contribution in [0.2, 0.25) is 10.0 Å². The summed E-state index contributed by atoms with van der Waals surface area (Å²) in [6, 6.07) is 17.5. The molecule has 0 aliphatic heterocycles. The number of aryl methyl sites for hydroxylation is 2. The normalized spacial score (nSPS) is 12.1. The number of sulfonamides is 1. The van der Waals surface area contributed by atoms with Gasteiger partial charge in [-0.05, 0) is 69.2 Å². The van der Waals surface area contributed by atoms with Gasteiger partial charge in [0.1, 0.15) is 12.6 Å². The highest BCUT2D eigenvalue weighted by atomic mass is 35.5. The molecule has 0 fully saturated rings. The lowest BCUT2D eigenvalue weighted by molar-refractivity contribution is -0.140. The highest BCUT2D eigenvalue weighted by Gasteiger charge is 2.33. The molecule has 0 spiro atoms. The SMILES string of the molecule is CCNC(=O)C(CC)N(Cc1ccc(Cl)c(Cl)c1)C(=O)CN(c1ccc(C)cc1)S(=O)(=O)c1ccc(C)cc1. The monoisotopic (exact) mass is 589 g/mol. The summed E-state index contributed by atoms with van der Waals surface area (Å²) in [5.74, 6) is -0.855. The number of likely N-dealkylation sites (N-methyl/N-ethyl adjacent to an activating group) is 1. The Morgan fingerprint density at radius 1 is 0.872 bits per heavy atom. The fourth-order valence-electron chi connectivity index (χ4n) is 4.12. The molecule has 0 aliphatic carbocycles. The first-order chi connectivity index (χ1) is 18.5. The Morgan fingerprint density at radius 2 is 1.46 bits per heavy atom. The van der Waals surface area contributed by atoms with Crippen LogP contribution in [-0.4, -0.2) is 44.3 Å². The smallest absolute Gasteiger partial charge is 0.264 e. The molecule has 0 saturated heterocycles. The van der Waals surface area contributed by atoms with Gasteiger partial charge in [0.2, 0.25) is 11.8 Å². The molecule has 1 N–H and O–H groups in total. The molecule has 0 saturated carbocycles. The first-order valence-corrected chi connectivity index (χ1v) is 14.8. The first kappa shape index (κ1) is 30.5. The number of benzene rings is 3. The van der Waals surface area contributed by atoms with Gasteiger partial charge in [-0.25, -0.2) is 8.42 Å². The predicted octanol–water partition coefficient (Wildman–Crippen LogP) is 5.75. The van der Waals surface area contributed by atoms with Crippen LogP contribution >= 0.6 is 23.2 Å². The minimum absolute atomic E-state index is 0.0394. The molecule has 208 valence electrons. The number of halogens is 2. The van der Waals surface area contributed by atoms with Crippen LogP contribution in [-0.2, 0) is 26.2 Å². The number of rotatable bonds is 11. The van der Waals surface area contributed by atoms with E-state index >= 15 is 0 Å². The van der Waals surface area contributed by atoms with Crippen molar-refractivity contribution in [3.63, 3.8) is 0 Å². The van der Waals surface area contributed by atoms with Gasteiger partial charge in [0.05, 0.1) is 20.6 Å². The van der Waals surface area contributed by atoms with Gasteiger partial charge in [0.15, 0.2) is 0 Å². The molecule has 10 heteroatoms. The maximum absolute atomic E-state index is 14.0. The average molecular weight is 591 g/mol. The molecule has 39 heavy (non-hydrogen) atoms. The lowest BCUT2D eigenvalue weighted by Gasteiger charge is -2.33. The second kappa shape index (κ2) is 13.3. The number of carbonyl (C=O) groups excluding carboxylic acids is 2. The minimum Gasteiger partial charge on any atom is -0.355 e. The Hall–Kier alpha value is -3.07. The van der Waals surface area contributed by atoms with E-state index in [0.29, 0.717) is 34.3 Å². The fourth-order valence-corrected chi connectivity index (χ4v) is 5.86. The molecular weight excluding hydrogens is 557 g/mol. The number of amides is 2. The van der Waals surface area contributed by atoms with Crippen LogP contribution in [0.3, 0.4) is 0 Å². The molecule has 0 aromatic heterocycles. The van der Waals surface area contributed by atoms with Crippen LogP contribution in [0.1, 0.15) is 37.0 Å². The van der Waals surface area contributed by atoms with Crippen LogP contribution in [0.25, 0.3) is 0 Å². The van der Waals surface area contributed by atoms with E-state index in [-0.39, 0.29) is 17.3 Å². The van der Waals surface area contributed by atoms with Crippen molar-refractivity contribution in [1.29, 1.82) is 0 Å². The zero-order valence-electron chi connectivity index (χ0n) is 22.4. The molecule has 0 radical (unpaired) electrons. The van der Waals surface area contributed by atoms with Crippen molar-refractivity contribution in [2.45, 2.75) is 51.6 Å². The molecule has 0 heterocycles. The summed E-state index contributed by atoms with van der Waals surface area (Å²) >= 11 is 12.3. The van der Waals surface area contributed by atoms with Crippen LogP contribution < -0.4 is 9.62 Å². The van der Waals surface area contributed by atoms with Gasteiger partial charge < -0.3 is 10.2 Å². The van der Waals surface area contributed by atoms with Crippen LogP contribution in [0.5, 0.6) is 0 Å². The number of hydrogen-bond donors (Lipinski definition) is 1. The van der Waals surface area contributed by atoms with Gasteiger partial charge in [0.25, 0.3) is 10.0 Å². The first-order valence-electron chi connectivity index (χ1n) is 12.6. The molecule has 2 amide bonds. The quantitative estimate of drug-likeness (QED) is 0.308. The van der Waals surface area contributed by atoms with Crippen molar-refractivity contribution >= 4 is 50.7 Å². The summed E-state index contributed by atoms with van der Waals surface area (Å²) in [5, 5.41) is 3.46. The van der Waals surface area contributed by atoms with E-state index in [4.69, 9.17) is 23.2 Å². The predicted molar refractivity (Wildman–Crippen MR) is 157 cm³/mol. The third-order valence-electron chi connectivity index (χ3n) is 6.28. The van der Waals surface area contributed by atoms with Crippen molar-refractivity contribution in [2.75, 3.05) is 17.4 Å². The van der Waals surface area contributed by atoms with Gasteiger partial charge in [-0.15, -0.1) is 0 Å². The van der Waals surface area contributed by atoms with E-state index in [1.54, 1.807) is 68.4 Å². The number of anilines is 1. The Bertz CT molecular complexity index is 1410. The molecule has 0 bridgehead atoms. The number of nitrogens with one attached hydrogen (secondary N) is 1. The van der Waals surface area contributed by atoms with Crippen LogP contribution in [0.15, 0.2) is 71.6 Å². The third kappa shape index (κ3) is 7.53. The van der Waals surface area contributed by atoms with Gasteiger partial charge in [-0.3, -0.25) is 13.9 Å². The Kier molecular flexibility index (Phi) is 10.4. The second-order valence-corrected chi connectivity index (χ2v) is 11.9.